The maximum Gasteiger partial charge on any atom is 0.341 e. The molecule has 11 heteroatoms. The first-order chi connectivity index (χ1) is 18.1. The lowest BCUT2D eigenvalue weighted by molar-refractivity contribution is -0.384. The summed E-state index contributed by atoms with van der Waals surface area (Å²) in [6.45, 7) is 6.94. The third-order valence-corrected chi connectivity index (χ3v) is 7.19. The van der Waals surface area contributed by atoms with E-state index in [4.69, 9.17) is 4.74 Å². The Bertz CT molecular complexity index is 1420. The normalized spacial score (nSPS) is 13.4. The van der Waals surface area contributed by atoms with Crippen molar-refractivity contribution in [2.75, 3.05) is 11.9 Å². The molecule has 1 atom stereocenters. The number of carbonyl (C=O) groups excluding carboxylic acids is 4. The van der Waals surface area contributed by atoms with Gasteiger partial charge in [0, 0.05) is 22.6 Å². The minimum absolute atomic E-state index is 0.0878. The van der Waals surface area contributed by atoms with E-state index in [2.05, 4.69) is 5.32 Å². The first kappa shape index (κ1) is 26.7. The van der Waals surface area contributed by atoms with Crippen LogP contribution in [0.15, 0.2) is 48.5 Å². The number of amides is 3. The zero-order chi connectivity index (χ0) is 27.7. The Morgan fingerprint density at radius 1 is 1.05 bits per heavy atom. The SMILES string of the molecule is CCOC(=O)c1c(NC(=O)C(C(C)C)N2C(=O)c3ccccc3C2=O)sc(C)c1-c1ccc([N+](=O)[O-])cc1. The van der Waals surface area contributed by atoms with E-state index in [1.54, 1.807) is 52.0 Å². The Labute approximate surface area is 222 Å². The summed E-state index contributed by atoms with van der Waals surface area (Å²) in [5.74, 6) is -2.85. The molecule has 38 heavy (non-hydrogen) atoms. The minimum Gasteiger partial charge on any atom is -0.462 e. The highest BCUT2D eigenvalue weighted by atomic mass is 32.1. The molecule has 2 aromatic carbocycles. The van der Waals surface area contributed by atoms with Crippen LogP contribution in [0.5, 0.6) is 0 Å². The number of nitro benzene ring substituents is 1. The molecule has 3 amide bonds. The van der Waals surface area contributed by atoms with Gasteiger partial charge in [-0.2, -0.15) is 0 Å². The van der Waals surface area contributed by atoms with Crippen LogP contribution in [0.3, 0.4) is 0 Å². The number of non-ortho nitro benzene ring substituents is 1. The van der Waals surface area contributed by atoms with Crippen LogP contribution >= 0.6 is 11.3 Å². The number of nitrogens with zero attached hydrogens (tertiary/aromatic N) is 2. The Hall–Kier alpha value is -4.38. The molecule has 1 N–H and O–H groups in total. The van der Waals surface area contributed by atoms with Crippen molar-refractivity contribution in [3.63, 3.8) is 0 Å². The van der Waals surface area contributed by atoms with Gasteiger partial charge in [0.2, 0.25) is 5.91 Å². The second-order valence-corrected chi connectivity index (χ2v) is 10.2. The fourth-order valence-corrected chi connectivity index (χ4v) is 5.56. The monoisotopic (exact) mass is 535 g/mol. The van der Waals surface area contributed by atoms with Crippen molar-refractivity contribution in [1.82, 2.24) is 4.90 Å². The molecule has 3 aromatic rings. The molecule has 0 fully saturated rings. The molecule has 0 bridgehead atoms. The number of ether oxygens (including phenoxy) is 1. The number of aryl methyl sites for hydroxylation is 1. The van der Waals surface area contributed by atoms with Crippen molar-refractivity contribution in [2.45, 2.75) is 33.7 Å². The lowest BCUT2D eigenvalue weighted by Gasteiger charge is -2.28. The second-order valence-electron chi connectivity index (χ2n) is 8.97. The van der Waals surface area contributed by atoms with Gasteiger partial charge in [-0.05, 0) is 49.6 Å². The molecule has 1 aromatic heterocycles. The largest absolute Gasteiger partial charge is 0.462 e. The summed E-state index contributed by atoms with van der Waals surface area (Å²) in [7, 11) is 0. The number of rotatable bonds is 8. The molecular weight excluding hydrogens is 510 g/mol. The van der Waals surface area contributed by atoms with Crippen LogP contribution in [0.1, 0.15) is 56.7 Å². The van der Waals surface area contributed by atoms with Crippen molar-refractivity contribution < 1.29 is 28.8 Å². The number of benzene rings is 2. The third kappa shape index (κ3) is 4.68. The summed E-state index contributed by atoms with van der Waals surface area (Å²) in [4.78, 5) is 65.0. The number of anilines is 1. The number of carbonyl (C=O) groups is 4. The number of nitrogens with one attached hydrogen (secondary N) is 1. The van der Waals surface area contributed by atoms with Gasteiger partial charge >= 0.3 is 5.97 Å². The van der Waals surface area contributed by atoms with Crippen LogP contribution in [0.25, 0.3) is 11.1 Å². The number of hydrogen-bond donors (Lipinski definition) is 1. The van der Waals surface area contributed by atoms with Crippen LogP contribution in [0, 0.1) is 23.0 Å². The van der Waals surface area contributed by atoms with E-state index >= 15 is 0 Å². The Balaban J connectivity index is 1.73. The fourth-order valence-electron chi connectivity index (χ4n) is 4.49. The smallest absolute Gasteiger partial charge is 0.341 e. The topological polar surface area (TPSA) is 136 Å². The Morgan fingerprint density at radius 2 is 1.63 bits per heavy atom. The Kier molecular flexibility index (Phi) is 7.40. The first-order valence-electron chi connectivity index (χ1n) is 11.9. The van der Waals surface area contributed by atoms with Gasteiger partial charge in [-0.1, -0.05) is 26.0 Å². The van der Waals surface area contributed by atoms with E-state index in [9.17, 15) is 29.3 Å². The van der Waals surface area contributed by atoms with E-state index in [1.165, 1.54) is 24.3 Å². The lowest BCUT2D eigenvalue weighted by atomic mass is 10.00. The van der Waals surface area contributed by atoms with E-state index in [0.717, 1.165) is 16.2 Å². The van der Waals surface area contributed by atoms with E-state index in [1.807, 2.05) is 0 Å². The van der Waals surface area contributed by atoms with E-state index in [-0.39, 0.29) is 34.0 Å². The maximum atomic E-state index is 13.6. The molecular formula is C27H25N3O7S. The van der Waals surface area contributed by atoms with Crippen molar-refractivity contribution in [2.24, 2.45) is 5.92 Å². The standard InChI is InChI=1S/C27H25N3O7S/c1-5-37-27(34)21-20(16-10-12-17(13-11-16)30(35)36)15(4)38-24(21)28-23(31)22(14(2)3)29-25(32)18-8-6-7-9-19(18)26(29)33/h6-14,22H,5H2,1-4H3,(H,28,31). The fraction of sp³-hybridized carbons (Fsp3) is 0.259. The molecule has 0 radical (unpaired) electrons. The molecule has 0 saturated heterocycles. The number of esters is 1. The van der Waals surface area contributed by atoms with Gasteiger partial charge < -0.3 is 10.1 Å². The summed E-state index contributed by atoms with van der Waals surface area (Å²) >= 11 is 1.13. The zero-order valence-electron chi connectivity index (χ0n) is 21.1. The molecule has 196 valence electrons. The number of thiophene rings is 1. The molecule has 0 spiro atoms. The molecule has 2 heterocycles. The highest BCUT2D eigenvalue weighted by Gasteiger charge is 2.44. The van der Waals surface area contributed by atoms with Gasteiger partial charge in [0.15, 0.2) is 0 Å². The molecule has 0 aliphatic carbocycles. The molecule has 0 saturated carbocycles. The summed E-state index contributed by atoms with van der Waals surface area (Å²) in [5, 5.41) is 14.0. The van der Waals surface area contributed by atoms with Gasteiger partial charge in [0.05, 0.1) is 22.7 Å². The number of imide groups is 1. The highest BCUT2D eigenvalue weighted by Crippen LogP contribution is 2.41. The van der Waals surface area contributed by atoms with Gasteiger partial charge in [-0.25, -0.2) is 4.79 Å². The van der Waals surface area contributed by atoms with Crippen LogP contribution in [0.2, 0.25) is 0 Å². The summed E-state index contributed by atoms with van der Waals surface area (Å²) in [5.41, 5.74) is 1.47. The summed E-state index contributed by atoms with van der Waals surface area (Å²) < 4.78 is 5.26. The van der Waals surface area contributed by atoms with Crippen LogP contribution in [0.4, 0.5) is 10.7 Å². The number of hydrogen-bond acceptors (Lipinski definition) is 8. The van der Waals surface area contributed by atoms with E-state index < -0.39 is 40.6 Å². The van der Waals surface area contributed by atoms with Gasteiger partial charge in [0.1, 0.15) is 16.6 Å². The van der Waals surface area contributed by atoms with Crippen molar-refractivity contribution >= 4 is 45.7 Å². The number of nitro groups is 1. The average Bonchev–Trinajstić information content (AvgIpc) is 3.33. The van der Waals surface area contributed by atoms with E-state index in [0.29, 0.717) is 16.0 Å². The predicted octanol–water partition coefficient (Wildman–Crippen LogP) is 5.07. The molecule has 1 aliphatic rings. The summed E-state index contributed by atoms with van der Waals surface area (Å²) in [6.07, 6.45) is 0. The summed E-state index contributed by atoms with van der Waals surface area (Å²) in [6, 6.07) is 11.0. The van der Waals surface area contributed by atoms with Crippen molar-refractivity contribution in [3.8, 4) is 11.1 Å². The molecule has 1 unspecified atom stereocenters. The van der Waals surface area contributed by atoms with Crippen molar-refractivity contribution in [1.29, 1.82) is 0 Å². The van der Waals surface area contributed by atoms with Gasteiger partial charge in [-0.3, -0.25) is 29.4 Å². The van der Waals surface area contributed by atoms with Crippen molar-refractivity contribution in [3.05, 3.63) is 80.2 Å². The predicted molar refractivity (Wildman–Crippen MR) is 141 cm³/mol. The van der Waals surface area contributed by atoms with Gasteiger partial charge in [-0.15, -0.1) is 11.3 Å². The first-order valence-corrected chi connectivity index (χ1v) is 12.7. The van der Waals surface area contributed by atoms with Crippen LogP contribution < -0.4 is 5.32 Å². The lowest BCUT2D eigenvalue weighted by Crippen LogP contribution is -2.50. The highest BCUT2D eigenvalue weighted by molar-refractivity contribution is 7.17. The zero-order valence-corrected chi connectivity index (χ0v) is 22.0. The Morgan fingerprint density at radius 3 is 2.13 bits per heavy atom. The van der Waals surface area contributed by atoms with Crippen LogP contribution in [-0.2, 0) is 9.53 Å². The quantitative estimate of drug-likeness (QED) is 0.184. The third-order valence-electron chi connectivity index (χ3n) is 6.17. The molecule has 10 nitrogen and oxygen atoms in total. The minimum atomic E-state index is -1.14. The number of fused-ring (bicyclic) bond motifs is 1. The van der Waals surface area contributed by atoms with Gasteiger partial charge in [0.25, 0.3) is 17.5 Å². The second kappa shape index (κ2) is 10.5. The maximum absolute atomic E-state index is 13.6. The van der Waals surface area contributed by atoms with Crippen LogP contribution in [-0.4, -0.2) is 46.2 Å². The average molecular weight is 536 g/mol. The molecule has 4 rings (SSSR count). The molecule has 1 aliphatic heterocycles.